The number of aromatic nitrogens is 1. The fourth-order valence-electron chi connectivity index (χ4n) is 4.93. The number of amides is 1. The molecule has 1 aromatic heterocycles. The van der Waals surface area contributed by atoms with Crippen LogP contribution in [0.2, 0.25) is 0 Å². The van der Waals surface area contributed by atoms with E-state index in [9.17, 15) is 18.0 Å². The molecule has 4 rings (SSSR count). The van der Waals surface area contributed by atoms with Crippen molar-refractivity contribution < 1.29 is 22.7 Å². The minimum Gasteiger partial charge on any atom is -0.381 e. The van der Waals surface area contributed by atoms with E-state index >= 15 is 0 Å². The summed E-state index contributed by atoms with van der Waals surface area (Å²) in [5, 5.41) is 0. The third kappa shape index (κ3) is 4.33. The molecule has 1 atom stereocenters. The molecular weight excluding hydrogens is 419 g/mol. The fraction of sp³-hybridized carbons (Fsp3) is 0.500. The quantitative estimate of drug-likeness (QED) is 0.702. The first-order valence-electron chi connectivity index (χ1n) is 11.0. The molecule has 1 aromatic carbocycles. The summed E-state index contributed by atoms with van der Waals surface area (Å²) in [6.45, 7) is 2.01. The Bertz CT molecular complexity index is 930. The Labute approximate surface area is 186 Å². The van der Waals surface area contributed by atoms with Crippen LogP contribution in [-0.2, 0) is 21.1 Å². The number of anilines is 1. The van der Waals surface area contributed by atoms with Crippen LogP contribution in [0, 0.1) is 0 Å². The molecule has 1 unspecified atom stereocenters. The molecule has 2 aliphatic heterocycles. The molecule has 2 aliphatic rings. The Balaban J connectivity index is 1.58. The van der Waals surface area contributed by atoms with Crippen LogP contribution in [0.15, 0.2) is 48.7 Å². The highest BCUT2D eigenvalue weighted by Gasteiger charge is 2.45. The summed E-state index contributed by atoms with van der Waals surface area (Å²) in [5.41, 5.74) is -0.425. The van der Waals surface area contributed by atoms with Gasteiger partial charge in [0.25, 0.3) is 0 Å². The Kier molecular flexibility index (Phi) is 6.42. The van der Waals surface area contributed by atoms with Crippen molar-refractivity contribution in [3.8, 4) is 0 Å². The van der Waals surface area contributed by atoms with Crippen LogP contribution in [0.4, 0.5) is 19.0 Å². The Morgan fingerprint density at radius 2 is 1.88 bits per heavy atom. The first-order valence-corrected chi connectivity index (χ1v) is 11.0. The van der Waals surface area contributed by atoms with Crippen LogP contribution < -0.4 is 4.90 Å². The van der Waals surface area contributed by atoms with Gasteiger partial charge in [-0.05, 0) is 43.4 Å². The number of carbonyl (C=O) groups excluding carboxylic acids is 1. The van der Waals surface area contributed by atoms with Gasteiger partial charge in [-0.15, -0.1) is 0 Å². The lowest BCUT2D eigenvalue weighted by atomic mass is 9.72. The molecule has 8 heteroatoms. The van der Waals surface area contributed by atoms with E-state index < -0.39 is 17.2 Å². The summed E-state index contributed by atoms with van der Waals surface area (Å²) in [6, 6.07) is 11.9. The summed E-state index contributed by atoms with van der Waals surface area (Å²) in [7, 11) is 1.64. The molecule has 2 aromatic rings. The van der Waals surface area contributed by atoms with Crippen LogP contribution >= 0.6 is 0 Å². The number of likely N-dealkylation sites (N-methyl/N-ethyl adjacent to an activating group) is 1. The van der Waals surface area contributed by atoms with E-state index in [0.717, 1.165) is 18.1 Å². The van der Waals surface area contributed by atoms with Crippen molar-refractivity contribution in [1.29, 1.82) is 0 Å². The van der Waals surface area contributed by atoms with E-state index in [1.807, 2.05) is 35.2 Å². The van der Waals surface area contributed by atoms with Crippen LogP contribution in [-0.4, -0.2) is 55.2 Å². The van der Waals surface area contributed by atoms with Gasteiger partial charge in [0.2, 0.25) is 5.91 Å². The number of benzene rings is 1. The topological polar surface area (TPSA) is 45.7 Å². The molecule has 5 nitrogen and oxygen atoms in total. The van der Waals surface area contributed by atoms with Crippen LogP contribution in [0.3, 0.4) is 0 Å². The number of pyridine rings is 1. The number of rotatable bonds is 4. The van der Waals surface area contributed by atoms with Crippen molar-refractivity contribution in [3.63, 3.8) is 0 Å². The van der Waals surface area contributed by atoms with Gasteiger partial charge < -0.3 is 14.5 Å². The summed E-state index contributed by atoms with van der Waals surface area (Å²) in [6.07, 6.45) is -0.469. The van der Waals surface area contributed by atoms with Gasteiger partial charge in [0.1, 0.15) is 5.82 Å². The van der Waals surface area contributed by atoms with Crippen molar-refractivity contribution in [1.82, 2.24) is 9.88 Å². The Morgan fingerprint density at radius 3 is 2.56 bits per heavy atom. The molecular formula is C24H28F3N3O2. The zero-order chi connectivity index (χ0) is 22.8. The largest absolute Gasteiger partial charge is 0.419 e. The molecule has 2 saturated heterocycles. The Hall–Kier alpha value is -2.61. The number of piperidine rings is 1. The second-order valence-corrected chi connectivity index (χ2v) is 8.59. The van der Waals surface area contributed by atoms with Crippen molar-refractivity contribution in [2.75, 3.05) is 38.3 Å². The molecule has 0 bridgehead atoms. The predicted molar refractivity (Wildman–Crippen MR) is 115 cm³/mol. The van der Waals surface area contributed by atoms with Gasteiger partial charge in [0, 0.05) is 45.6 Å². The van der Waals surface area contributed by atoms with E-state index in [1.165, 1.54) is 12.3 Å². The second-order valence-electron chi connectivity index (χ2n) is 8.59. The first-order chi connectivity index (χ1) is 15.3. The van der Waals surface area contributed by atoms with Crippen molar-refractivity contribution >= 4 is 11.7 Å². The smallest absolute Gasteiger partial charge is 0.381 e. The highest BCUT2D eigenvalue weighted by atomic mass is 19.4. The van der Waals surface area contributed by atoms with Crippen LogP contribution in [0.5, 0.6) is 0 Å². The third-order valence-corrected chi connectivity index (χ3v) is 6.74. The molecule has 0 aliphatic carbocycles. The van der Waals surface area contributed by atoms with Gasteiger partial charge in [0.15, 0.2) is 0 Å². The number of ether oxygens (including phenoxy) is 1. The molecule has 2 fully saturated rings. The average molecular weight is 448 g/mol. The number of carbonyl (C=O) groups is 1. The summed E-state index contributed by atoms with van der Waals surface area (Å²) >= 11 is 0. The van der Waals surface area contributed by atoms with Crippen LogP contribution in [0.25, 0.3) is 0 Å². The van der Waals surface area contributed by atoms with E-state index in [4.69, 9.17) is 4.74 Å². The number of nitrogens with zero attached hydrogens (tertiary/aromatic N) is 3. The monoisotopic (exact) mass is 447 g/mol. The predicted octanol–water partition coefficient (Wildman–Crippen LogP) is 4.28. The maximum atomic E-state index is 13.9. The normalized spacial score (nSPS) is 21.2. The third-order valence-electron chi connectivity index (χ3n) is 6.74. The number of hydrogen-bond acceptors (Lipinski definition) is 4. The summed E-state index contributed by atoms with van der Waals surface area (Å²) in [5.74, 6) is -0.0506. The number of hydrogen-bond donors (Lipinski definition) is 0. The number of halogens is 3. The van der Waals surface area contributed by atoms with E-state index in [1.54, 1.807) is 11.9 Å². The lowest BCUT2D eigenvalue weighted by molar-refractivity contribution is -0.143. The molecule has 172 valence electrons. The molecule has 0 spiro atoms. The van der Waals surface area contributed by atoms with Gasteiger partial charge in [-0.25, -0.2) is 4.98 Å². The van der Waals surface area contributed by atoms with Gasteiger partial charge in [-0.2, -0.15) is 13.2 Å². The van der Waals surface area contributed by atoms with Gasteiger partial charge in [0.05, 0.1) is 11.0 Å². The zero-order valence-electron chi connectivity index (χ0n) is 18.1. The molecule has 0 N–H and O–H groups in total. The average Bonchev–Trinajstić information content (AvgIpc) is 2.83. The van der Waals surface area contributed by atoms with E-state index in [2.05, 4.69) is 4.98 Å². The SMILES string of the molecule is CN(c1ncccc1C(F)(F)F)C1CCCN(C(=O)C2(c3ccccc3)CCOCC2)C1. The summed E-state index contributed by atoms with van der Waals surface area (Å²) in [4.78, 5) is 21.3. The first kappa shape index (κ1) is 22.6. The molecule has 1 amide bonds. The van der Waals surface area contributed by atoms with E-state index in [0.29, 0.717) is 45.6 Å². The summed E-state index contributed by atoms with van der Waals surface area (Å²) < 4.78 is 46.1. The molecule has 32 heavy (non-hydrogen) atoms. The van der Waals surface area contributed by atoms with Crippen molar-refractivity contribution in [2.45, 2.75) is 43.3 Å². The van der Waals surface area contributed by atoms with Gasteiger partial charge in [-0.1, -0.05) is 30.3 Å². The number of likely N-dealkylation sites (tertiary alicyclic amines) is 1. The Morgan fingerprint density at radius 1 is 1.16 bits per heavy atom. The zero-order valence-corrected chi connectivity index (χ0v) is 18.1. The lowest BCUT2D eigenvalue weighted by Gasteiger charge is -2.44. The molecule has 0 saturated carbocycles. The maximum absolute atomic E-state index is 13.9. The molecule has 0 radical (unpaired) electrons. The minimum absolute atomic E-state index is 0.0437. The van der Waals surface area contributed by atoms with Crippen molar-refractivity contribution in [3.05, 3.63) is 59.8 Å². The number of alkyl halides is 3. The highest BCUT2D eigenvalue weighted by molar-refractivity contribution is 5.88. The second kappa shape index (κ2) is 9.10. The van der Waals surface area contributed by atoms with Gasteiger partial charge in [-0.3, -0.25) is 4.79 Å². The lowest BCUT2D eigenvalue weighted by Crippen LogP contribution is -2.56. The highest BCUT2D eigenvalue weighted by Crippen LogP contribution is 2.39. The fourth-order valence-corrected chi connectivity index (χ4v) is 4.93. The van der Waals surface area contributed by atoms with Crippen LogP contribution in [0.1, 0.15) is 36.8 Å². The maximum Gasteiger partial charge on any atom is 0.419 e. The molecule has 3 heterocycles. The van der Waals surface area contributed by atoms with Gasteiger partial charge >= 0.3 is 6.18 Å². The standard InChI is InChI=1S/C24H28F3N3O2/c1-29(21-20(24(25,26)27)10-5-13-28-21)19-9-6-14-30(17-19)22(31)23(11-15-32-16-12-23)18-7-3-2-4-8-18/h2-5,7-8,10,13,19H,6,9,11-12,14-17H2,1H3. The minimum atomic E-state index is -4.48. The van der Waals surface area contributed by atoms with E-state index in [-0.39, 0.29) is 17.8 Å². The van der Waals surface area contributed by atoms with Crippen molar-refractivity contribution in [2.24, 2.45) is 0 Å².